The number of carbonyl (C=O) groups excluding carboxylic acids is 2. The van der Waals surface area contributed by atoms with Crippen molar-refractivity contribution >= 4 is 23.4 Å². The van der Waals surface area contributed by atoms with Gasteiger partial charge in [-0.3, -0.25) is 9.59 Å². The highest BCUT2D eigenvalue weighted by molar-refractivity contribution is 6.30. The summed E-state index contributed by atoms with van der Waals surface area (Å²) in [5.41, 5.74) is 0.900. The second kappa shape index (κ2) is 8.93. The number of carbonyl (C=O) groups is 2. The summed E-state index contributed by atoms with van der Waals surface area (Å²) < 4.78 is 11.2. The third-order valence-corrected chi connectivity index (χ3v) is 5.50. The van der Waals surface area contributed by atoms with Gasteiger partial charge in [0.15, 0.2) is 6.10 Å². The second-order valence-electron chi connectivity index (χ2n) is 7.21. The molecule has 1 aromatic carbocycles. The Bertz CT molecular complexity index is 683. The van der Waals surface area contributed by atoms with Gasteiger partial charge in [-0.15, -0.1) is 0 Å². The van der Waals surface area contributed by atoms with E-state index in [1.54, 1.807) is 24.0 Å². The lowest BCUT2D eigenvalue weighted by molar-refractivity contribution is -0.145. The van der Waals surface area contributed by atoms with Crippen LogP contribution in [0.5, 0.6) is 5.75 Å². The predicted octanol–water partition coefficient (Wildman–Crippen LogP) is 2.51. The fourth-order valence-electron chi connectivity index (χ4n) is 3.63. The van der Waals surface area contributed by atoms with Crippen LogP contribution in [0.4, 0.5) is 0 Å². The zero-order chi connectivity index (χ0) is 19.4. The van der Waals surface area contributed by atoms with E-state index in [0.717, 1.165) is 5.56 Å². The van der Waals surface area contributed by atoms with E-state index in [1.807, 2.05) is 17.9 Å². The van der Waals surface area contributed by atoms with E-state index in [0.29, 0.717) is 63.0 Å². The van der Waals surface area contributed by atoms with Crippen molar-refractivity contribution in [3.8, 4) is 5.75 Å². The molecule has 0 bridgehead atoms. The molecular formula is C20H27ClN2O4. The minimum Gasteiger partial charge on any atom is -0.481 e. The number of ether oxygens (including phenoxy) is 2. The molecule has 2 aliphatic rings. The highest BCUT2D eigenvalue weighted by atomic mass is 35.5. The Labute approximate surface area is 165 Å². The first kappa shape index (κ1) is 20.0. The van der Waals surface area contributed by atoms with Gasteiger partial charge in [-0.25, -0.2) is 0 Å². The molecule has 3 rings (SSSR count). The maximum absolute atomic E-state index is 12.7. The summed E-state index contributed by atoms with van der Waals surface area (Å²) in [6.45, 7) is 7.42. The van der Waals surface area contributed by atoms with Crippen molar-refractivity contribution in [2.45, 2.75) is 32.8 Å². The zero-order valence-corrected chi connectivity index (χ0v) is 16.7. The number of benzene rings is 1. The zero-order valence-electron chi connectivity index (χ0n) is 15.9. The molecule has 1 unspecified atom stereocenters. The highest BCUT2D eigenvalue weighted by Gasteiger charge is 2.32. The van der Waals surface area contributed by atoms with Gasteiger partial charge in [0.1, 0.15) is 5.75 Å². The van der Waals surface area contributed by atoms with Crippen LogP contribution in [0.15, 0.2) is 18.2 Å². The molecule has 0 radical (unpaired) electrons. The van der Waals surface area contributed by atoms with Crippen LogP contribution in [0, 0.1) is 12.8 Å². The van der Waals surface area contributed by atoms with E-state index in [1.165, 1.54) is 0 Å². The monoisotopic (exact) mass is 394 g/mol. The van der Waals surface area contributed by atoms with Crippen molar-refractivity contribution in [1.82, 2.24) is 9.80 Å². The van der Waals surface area contributed by atoms with Crippen molar-refractivity contribution in [2.75, 3.05) is 39.4 Å². The third kappa shape index (κ3) is 4.93. The number of hydrogen-bond acceptors (Lipinski definition) is 4. The first-order valence-electron chi connectivity index (χ1n) is 9.54. The molecule has 0 N–H and O–H groups in total. The van der Waals surface area contributed by atoms with E-state index >= 15 is 0 Å². The minimum atomic E-state index is -0.573. The van der Waals surface area contributed by atoms with Crippen molar-refractivity contribution in [2.24, 2.45) is 5.92 Å². The van der Waals surface area contributed by atoms with E-state index in [4.69, 9.17) is 21.1 Å². The Morgan fingerprint density at radius 3 is 2.44 bits per heavy atom. The quantitative estimate of drug-likeness (QED) is 0.787. The molecule has 0 aromatic heterocycles. The Hall–Kier alpha value is -1.79. The fraction of sp³-hybridized carbons (Fsp3) is 0.600. The van der Waals surface area contributed by atoms with Crippen LogP contribution in [0.1, 0.15) is 25.3 Å². The maximum Gasteiger partial charge on any atom is 0.263 e. The van der Waals surface area contributed by atoms with Crippen LogP contribution in [0.25, 0.3) is 0 Å². The average Bonchev–Trinajstić information content (AvgIpc) is 2.69. The normalized spacial score (nSPS) is 19.7. The maximum atomic E-state index is 12.7. The molecule has 2 saturated heterocycles. The molecule has 2 fully saturated rings. The number of likely N-dealkylation sites (tertiary alicyclic amines) is 1. The van der Waals surface area contributed by atoms with E-state index in [9.17, 15) is 9.59 Å². The number of piperidine rings is 1. The number of aryl methyl sites for hydroxylation is 1. The summed E-state index contributed by atoms with van der Waals surface area (Å²) in [5, 5.41) is 0.644. The second-order valence-corrected chi connectivity index (χ2v) is 7.64. The summed E-state index contributed by atoms with van der Waals surface area (Å²) in [6, 6.07) is 5.36. The van der Waals surface area contributed by atoms with Gasteiger partial charge in [0.25, 0.3) is 5.91 Å². The summed E-state index contributed by atoms with van der Waals surface area (Å²) in [4.78, 5) is 29.0. The number of halogens is 1. The van der Waals surface area contributed by atoms with Gasteiger partial charge in [-0.05, 0) is 50.5 Å². The Morgan fingerprint density at radius 2 is 1.81 bits per heavy atom. The van der Waals surface area contributed by atoms with Gasteiger partial charge in [0.05, 0.1) is 13.2 Å². The van der Waals surface area contributed by atoms with E-state index < -0.39 is 6.10 Å². The van der Waals surface area contributed by atoms with Crippen molar-refractivity contribution < 1.29 is 19.1 Å². The van der Waals surface area contributed by atoms with Crippen molar-refractivity contribution in [3.63, 3.8) is 0 Å². The molecule has 0 saturated carbocycles. The standard InChI is InChI=1S/C20H27ClN2O4/c1-14-13-17(21)3-4-18(14)27-15(2)19(24)22-7-5-16(6-8-22)20(25)23-9-11-26-12-10-23/h3-4,13,15-16H,5-12H2,1-2H3. The molecule has 2 aliphatic heterocycles. The van der Waals surface area contributed by atoms with Crippen molar-refractivity contribution in [1.29, 1.82) is 0 Å². The van der Waals surface area contributed by atoms with Gasteiger partial charge in [-0.2, -0.15) is 0 Å². The molecular weight excluding hydrogens is 368 g/mol. The summed E-state index contributed by atoms with van der Waals surface area (Å²) in [7, 11) is 0. The van der Waals surface area contributed by atoms with Gasteiger partial charge < -0.3 is 19.3 Å². The number of nitrogens with zero attached hydrogens (tertiary/aromatic N) is 2. The number of hydrogen-bond donors (Lipinski definition) is 0. The molecule has 0 spiro atoms. The molecule has 6 nitrogen and oxygen atoms in total. The van der Waals surface area contributed by atoms with Crippen LogP contribution in [-0.4, -0.2) is 67.1 Å². The van der Waals surface area contributed by atoms with Crippen LogP contribution < -0.4 is 4.74 Å². The van der Waals surface area contributed by atoms with Gasteiger partial charge in [0, 0.05) is 37.1 Å². The number of rotatable bonds is 4. The molecule has 7 heteroatoms. The Balaban J connectivity index is 1.50. The lowest BCUT2D eigenvalue weighted by atomic mass is 9.94. The van der Waals surface area contributed by atoms with Gasteiger partial charge in [-0.1, -0.05) is 11.6 Å². The molecule has 1 aromatic rings. The van der Waals surface area contributed by atoms with Crippen LogP contribution in [0.2, 0.25) is 5.02 Å². The number of amides is 2. The van der Waals surface area contributed by atoms with Crippen LogP contribution in [0.3, 0.4) is 0 Å². The molecule has 2 heterocycles. The van der Waals surface area contributed by atoms with E-state index in [2.05, 4.69) is 0 Å². The highest BCUT2D eigenvalue weighted by Crippen LogP contribution is 2.25. The lowest BCUT2D eigenvalue weighted by Gasteiger charge is -2.36. The van der Waals surface area contributed by atoms with Crippen LogP contribution in [-0.2, 0) is 14.3 Å². The number of morpholine rings is 1. The summed E-state index contributed by atoms with van der Waals surface area (Å²) >= 11 is 5.96. The summed E-state index contributed by atoms with van der Waals surface area (Å²) in [5.74, 6) is 0.827. The topological polar surface area (TPSA) is 59.1 Å². The first-order chi connectivity index (χ1) is 13.0. The van der Waals surface area contributed by atoms with Gasteiger partial charge >= 0.3 is 0 Å². The Kier molecular flexibility index (Phi) is 6.60. The molecule has 148 valence electrons. The molecule has 2 amide bonds. The minimum absolute atomic E-state index is 0.00174. The van der Waals surface area contributed by atoms with Crippen LogP contribution >= 0.6 is 11.6 Å². The molecule has 0 aliphatic carbocycles. The van der Waals surface area contributed by atoms with Crippen molar-refractivity contribution in [3.05, 3.63) is 28.8 Å². The molecule has 1 atom stereocenters. The first-order valence-corrected chi connectivity index (χ1v) is 9.91. The largest absolute Gasteiger partial charge is 0.481 e. The fourth-order valence-corrected chi connectivity index (χ4v) is 3.86. The van der Waals surface area contributed by atoms with E-state index in [-0.39, 0.29) is 17.7 Å². The Morgan fingerprint density at radius 1 is 1.15 bits per heavy atom. The summed E-state index contributed by atoms with van der Waals surface area (Å²) in [6.07, 6.45) is 0.833. The average molecular weight is 395 g/mol. The SMILES string of the molecule is Cc1cc(Cl)ccc1OC(C)C(=O)N1CCC(C(=O)N2CCOCC2)CC1. The van der Waals surface area contributed by atoms with Gasteiger partial charge in [0.2, 0.25) is 5.91 Å². The third-order valence-electron chi connectivity index (χ3n) is 5.27. The predicted molar refractivity (Wildman–Crippen MR) is 103 cm³/mol. The smallest absolute Gasteiger partial charge is 0.263 e. The molecule has 27 heavy (non-hydrogen) atoms. The lowest BCUT2D eigenvalue weighted by Crippen LogP contribution is -2.49.